The smallest absolute Gasteiger partial charge is 0.149 e. The molecule has 1 aliphatic heterocycles. The van der Waals surface area contributed by atoms with E-state index in [2.05, 4.69) is 45.1 Å². The maximum Gasteiger partial charge on any atom is 0.149 e. The average molecular weight is 313 g/mol. The number of nitrogens with two attached hydrogens (primary N) is 1. The third-order valence-corrected chi connectivity index (χ3v) is 4.19. The van der Waals surface area contributed by atoms with Crippen molar-refractivity contribution in [1.29, 1.82) is 0 Å². The number of piperidine rings is 1. The second-order valence-corrected chi connectivity index (χ2v) is 6.47. The molecule has 100 valence electrons. The van der Waals surface area contributed by atoms with Gasteiger partial charge in [0.15, 0.2) is 0 Å². The van der Waals surface area contributed by atoms with Crippen LogP contribution in [0.5, 0.6) is 0 Å². The van der Waals surface area contributed by atoms with Gasteiger partial charge in [-0.25, -0.2) is 4.98 Å². The van der Waals surface area contributed by atoms with E-state index in [-0.39, 0.29) is 0 Å². The predicted octanol–water partition coefficient (Wildman–Crippen LogP) is 2.57. The minimum atomic E-state index is 0.341. The van der Waals surface area contributed by atoms with Gasteiger partial charge in [0.05, 0.1) is 5.69 Å². The maximum absolute atomic E-state index is 5.94. The number of nitrogen functional groups attached to an aromatic ring is 1. The van der Waals surface area contributed by atoms with Crippen LogP contribution in [-0.4, -0.2) is 36.6 Å². The van der Waals surface area contributed by atoms with Gasteiger partial charge in [-0.05, 0) is 60.4 Å². The van der Waals surface area contributed by atoms with Gasteiger partial charge in [0.1, 0.15) is 5.82 Å². The minimum absolute atomic E-state index is 0.341. The molecule has 1 aromatic heterocycles. The molecule has 0 aromatic carbocycles. The van der Waals surface area contributed by atoms with Crippen molar-refractivity contribution in [2.45, 2.75) is 19.8 Å². The maximum atomic E-state index is 5.94. The molecule has 1 saturated heterocycles. The van der Waals surface area contributed by atoms with Gasteiger partial charge in [0, 0.05) is 17.2 Å². The molecule has 5 heteroatoms. The molecule has 0 spiro atoms. The first-order chi connectivity index (χ1) is 8.48. The van der Waals surface area contributed by atoms with E-state index in [0.29, 0.717) is 11.1 Å². The molecule has 0 radical (unpaired) electrons. The van der Waals surface area contributed by atoms with E-state index in [9.17, 15) is 0 Å². The molecular formula is C13H21BrN4. The van der Waals surface area contributed by atoms with E-state index in [4.69, 9.17) is 5.73 Å². The monoisotopic (exact) mass is 312 g/mol. The Kier molecular flexibility index (Phi) is 4.12. The quantitative estimate of drug-likeness (QED) is 0.900. The Morgan fingerprint density at radius 1 is 1.50 bits per heavy atom. The minimum Gasteiger partial charge on any atom is -0.396 e. The normalized spacial score (nSPS) is 19.7. The number of rotatable bonds is 3. The lowest BCUT2D eigenvalue weighted by Gasteiger charge is -2.38. The van der Waals surface area contributed by atoms with Crippen molar-refractivity contribution < 1.29 is 0 Å². The van der Waals surface area contributed by atoms with Gasteiger partial charge in [-0.3, -0.25) is 0 Å². The van der Waals surface area contributed by atoms with E-state index >= 15 is 0 Å². The van der Waals surface area contributed by atoms with Crippen molar-refractivity contribution in [2.75, 3.05) is 37.7 Å². The molecule has 2 rings (SSSR count). The summed E-state index contributed by atoms with van der Waals surface area (Å²) in [6.45, 7) is 5.60. The Hall–Kier alpha value is -0.810. The summed E-state index contributed by atoms with van der Waals surface area (Å²) < 4.78 is 0.913. The second kappa shape index (κ2) is 5.45. The second-order valence-electron chi connectivity index (χ2n) is 5.56. The molecule has 0 amide bonds. The molecule has 2 heterocycles. The van der Waals surface area contributed by atoms with Gasteiger partial charge in [-0.1, -0.05) is 6.92 Å². The third-order valence-electron chi connectivity index (χ3n) is 3.76. The molecule has 18 heavy (non-hydrogen) atoms. The molecule has 0 aliphatic carbocycles. The summed E-state index contributed by atoms with van der Waals surface area (Å²) in [6.07, 6.45) is 4.20. The summed E-state index contributed by atoms with van der Waals surface area (Å²) in [4.78, 5) is 6.70. The molecule has 0 atom stereocenters. The molecule has 0 saturated carbocycles. The van der Waals surface area contributed by atoms with Crippen molar-refractivity contribution >= 4 is 27.4 Å². The zero-order chi connectivity index (χ0) is 13.2. The summed E-state index contributed by atoms with van der Waals surface area (Å²) in [5, 5.41) is 3.39. The number of nitrogens with one attached hydrogen (secondary N) is 1. The first-order valence-electron chi connectivity index (χ1n) is 6.32. The third kappa shape index (κ3) is 3.36. The van der Waals surface area contributed by atoms with Gasteiger partial charge in [-0.15, -0.1) is 0 Å². The van der Waals surface area contributed by atoms with Crippen molar-refractivity contribution in [1.82, 2.24) is 9.88 Å². The average Bonchev–Trinajstić information content (AvgIpc) is 2.32. The summed E-state index contributed by atoms with van der Waals surface area (Å²) in [7, 11) is 2.18. The van der Waals surface area contributed by atoms with Crippen molar-refractivity contribution in [2.24, 2.45) is 5.41 Å². The molecular weight excluding hydrogens is 292 g/mol. The number of nitrogens with zero attached hydrogens (tertiary/aromatic N) is 2. The van der Waals surface area contributed by atoms with Gasteiger partial charge in [0.25, 0.3) is 0 Å². The summed E-state index contributed by atoms with van der Waals surface area (Å²) in [5.41, 5.74) is 6.98. The number of hydrogen-bond acceptors (Lipinski definition) is 4. The number of likely N-dealkylation sites (tertiary alicyclic amines) is 1. The SMILES string of the molecule is CN1CCC(C)(CNc2ncc(Br)cc2N)CC1. The standard InChI is InChI=1S/C13H21BrN4/c1-13(3-5-18(2)6-4-13)9-17-12-11(15)7-10(14)8-16-12/h7-8H,3-6,9,15H2,1-2H3,(H,16,17). The number of pyridine rings is 1. The summed E-state index contributed by atoms with van der Waals surface area (Å²) in [5.74, 6) is 0.790. The van der Waals surface area contributed by atoms with Crippen LogP contribution in [0.1, 0.15) is 19.8 Å². The summed E-state index contributed by atoms with van der Waals surface area (Å²) in [6, 6.07) is 1.88. The van der Waals surface area contributed by atoms with Crippen LogP contribution in [0.3, 0.4) is 0 Å². The first kappa shape index (κ1) is 13.6. The van der Waals surface area contributed by atoms with Gasteiger partial charge in [0.2, 0.25) is 0 Å². The Labute approximate surface area is 117 Å². The van der Waals surface area contributed by atoms with Gasteiger partial charge >= 0.3 is 0 Å². The predicted molar refractivity (Wildman–Crippen MR) is 79.7 cm³/mol. The Balaban J connectivity index is 1.94. The molecule has 0 bridgehead atoms. The highest BCUT2D eigenvalue weighted by atomic mass is 79.9. The van der Waals surface area contributed by atoms with Gasteiger partial charge in [-0.2, -0.15) is 0 Å². The number of anilines is 2. The molecule has 3 N–H and O–H groups in total. The Morgan fingerprint density at radius 3 is 2.78 bits per heavy atom. The largest absolute Gasteiger partial charge is 0.396 e. The van der Waals surface area contributed by atoms with E-state index in [1.165, 1.54) is 25.9 Å². The molecule has 1 aromatic rings. The first-order valence-corrected chi connectivity index (χ1v) is 7.11. The highest BCUT2D eigenvalue weighted by Gasteiger charge is 2.28. The van der Waals surface area contributed by atoms with E-state index in [1.807, 2.05) is 6.07 Å². The molecule has 4 nitrogen and oxygen atoms in total. The Morgan fingerprint density at radius 2 is 2.17 bits per heavy atom. The van der Waals surface area contributed by atoms with Crippen molar-refractivity contribution in [3.8, 4) is 0 Å². The fraction of sp³-hybridized carbons (Fsp3) is 0.615. The van der Waals surface area contributed by atoms with Crippen LogP contribution in [0.15, 0.2) is 16.7 Å². The zero-order valence-corrected chi connectivity index (χ0v) is 12.6. The van der Waals surface area contributed by atoms with E-state index in [0.717, 1.165) is 16.8 Å². The topological polar surface area (TPSA) is 54.2 Å². The molecule has 1 aliphatic rings. The Bertz CT molecular complexity index is 413. The fourth-order valence-corrected chi connectivity index (χ4v) is 2.58. The van der Waals surface area contributed by atoms with Crippen LogP contribution >= 0.6 is 15.9 Å². The fourth-order valence-electron chi connectivity index (χ4n) is 2.23. The van der Waals surface area contributed by atoms with Crippen molar-refractivity contribution in [3.63, 3.8) is 0 Å². The van der Waals surface area contributed by atoms with Crippen LogP contribution in [0.2, 0.25) is 0 Å². The lowest BCUT2D eigenvalue weighted by atomic mass is 9.80. The van der Waals surface area contributed by atoms with Gasteiger partial charge < -0.3 is 16.0 Å². The highest BCUT2D eigenvalue weighted by Crippen LogP contribution is 2.31. The van der Waals surface area contributed by atoms with Crippen LogP contribution in [0.4, 0.5) is 11.5 Å². The van der Waals surface area contributed by atoms with Crippen LogP contribution in [0.25, 0.3) is 0 Å². The highest BCUT2D eigenvalue weighted by molar-refractivity contribution is 9.10. The van der Waals surface area contributed by atoms with Crippen LogP contribution in [0, 0.1) is 5.41 Å². The number of hydrogen-bond donors (Lipinski definition) is 2. The lowest BCUT2D eigenvalue weighted by molar-refractivity contribution is 0.150. The van der Waals surface area contributed by atoms with Crippen LogP contribution < -0.4 is 11.1 Å². The van der Waals surface area contributed by atoms with E-state index in [1.54, 1.807) is 6.20 Å². The molecule has 0 unspecified atom stereocenters. The zero-order valence-electron chi connectivity index (χ0n) is 11.0. The number of halogens is 1. The van der Waals surface area contributed by atoms with E-state index < -0.39 is 0 Å². The summed E-state index contributed by atoms with van der Waals surface area (Å²) >= 11 is 3.37. The lowest BCUT2D eigenvalue weighted by Crippen LogP contribution is -2.40. The number of aromatic nitrogens is 1. The van der Waals surface area contributed by atoms with Crippen molar-refractivity contribution in [3.05, 3.63) is 16.7 Å². The van der Waals surface area contributed by atoms with Crippen LogP contribution in [-0.2, 0) is 0 Å². The molecule has 1 fully saturated rings.